The fourth-order valence-corrected chi connectivity index (χ4v) is 3.50. The van der Waals surface area contributed by atoms with E-state index in [1.54, 1.807) is 0 Å². The Morgan fingerprint density at radius 2 is 1.95 bits per heavy atom. The predicted molar refractivity (Wildman–Crippen MR) is 83.0 cm³/mol. The maximum absolute atomic E-state index is 6.13. The highest BCUT2D eigenvalue weighted by Gasteiger charge is 2.27. The van der Waals surface area contributed by atoms with Crippen molar-refractivity contribution in [1.29, 1.82) is 0 Å². The Bertz CT molecular complexity index is 259. The van der Waals surface area contributed by atoms with Gasteiger partial charge in [0.05, 0.1) is 24.9 Å². The third kappa shape index (κ3) is 5.34. The minimum absolute atomic E-state index is 0.338. The van der Waals surface area contributed by atoms with E-state index >= 15 is 0 Å². The molecule has 2 fully saturated rings. The molecule has 4 unspecified atom stereocenters. The average molecular weight is 283 g/mol. The van der Waals surface area contributed by atoms with Gasteiger partial charge in [0.25, 0.3) is 0 Å². The van der Waals surface area contributed by atoms with Crippen molar-refractivity contribution in [2.75, 3.05) is 19.7 Å². The van der Waals surface area contributed by atoms with Crippen molar-refractivity contribution >= 4 is 0 Å². The van der Waals surface area contributed by atoms with Crippen molar-refractivity contribution in [2.24, 2.45) is 5.92 Å². The zero-order valence-corrected chi connectivity index (χ0v) is 13.4. The van der Waals surface area contributed by atoms with Crippen LogP contribution in [0.2, 0.25) is 0 Å². The summed E-state index contributed by atoms with van der Waals surface area (Å²) >= 11 is 0. The van der Waals surface area contributed by atoms with Gasteiger partial charge in [0.2, 0.25) is 0 Å². The van der Waals surface area contributed by atoms with E-state index in [0.29, 0.717) is 18.3 Å². The van der Waals surface area contributed by atoms with Crippen LogP contribution >= 0.6 is 0 Å². The number of hydrogen-bond donors (Lipinski definition) is 1. The molecule has 2 aliphatic rings. The largest absolute Gasteiger partial charge is 0.376 e. The van der Waals surface area contributed by atoms with Crippen molar-refractivity contribution in [3.05, 3.63) is 0 Å². The van der Waals surface area contributed by atoms with Crippen molar-refractivity contribution in [2.45, 2.75) is 83.5 Å². The molecule has 20 heavy (non-hydrogen) atoms. The summed E-state index contributed by atoms with van der Waals surface area (Å²) in [5.41, 5.74) is 0. The Morgan fingerprint density at radius 3 is 2.75 bits per heavy atom. The molecule has 0 bridgehead atoms. The Morgan fingerprint density at radius 1 is 1.10 bits per heavy atom. The monoisotopic (exact) mass is 283 g/mol. The zero-order valence-electron chi connectivity index (χ0n) is 13.4. The van der Waals surface area contributed by atoms with Crippen molar-refractivity contribution < 1.29 is 9.47 Å². The lowest BCUT2D eigenvalue weighted by atomic mass is 9.85. The molecular formula is C17H33NO2. The van der Waals surface area contributed by atoms with Crippen LogP contribution in [0, 0.1) is 5.92 Å². The molecule has 0 aromatic rings. The van der Waals surface area contributed by atoms with E-state index in [0.717, 1.165) is 25.6 Å². The summed E-state index contributed by atoms with van der Waals surface area (Å²) in [7, 11) is 0. The molecule has 0 radical (unpaired) electrons. The number of rotatable bonds is 8. The summed E-state index contributed by atoms with van der Waals surface area (Å²) in [5, 5.41) is 3.45. The number of nitrogens with one attached hydrogen (secondary N) is 1. The summed E-state index contributed by atoms with van der Waals surface area (Å²) in [6.07, 6.45) is 11.4. The van der Waals surface area contributed by atoms with Crippen LogP contribution in [0.1, 0.15) is 65.2 Å². The Hall–Kier alpha value is -0.120. The molecular weight excluding hydrogens is 250 g/mol. The van der Waals surface area contributed by atoms with E-state index in [1.165, 1.54) is 51.4 Å². The zero-order chi connectivity index (χ0) is 14.2. The molecule has 3 nitrogen and oxygen atoms in total. The van der Waals surface area contributed by atoms with Crippen LogP contribution in [0.5, 0.6) is 0 Å². The molecule has 1 aliphatic heterocycles. The Kier molecular flexibility index (Phi) is 7.32. The van der Waals surface area contributed by atoms with E-state index in [1.807, 2.05) is 0 Å². The summed E-state index contributed by atoms with van der Waals surface area (Å²) in [4.78, 5) is 0. The van der Waals surface area contributed by atoms with Crippen LogP contribution in [0.4, 0.5) is 0 Å². The quantitative estimate of drug-likeness (QED) is 0.691. The van der Waals surface area contributed by atoms with Gasteiger partial charge in [0.1, 0.15) is 0 Å². The smallest absolute Gasteiger partial charge is 0.0814 e. The topological polar surface area (TPSA) is 30.5 Å². The van der Waals surface area contributed by atoms with Gasteiger partial charge in [-0.3, -0.25) is 0 Å². The van der Waals surface area contributed by atoms with Gasteiger partial charge < -0.3 is 14.8 Å². The maximum atomic E-state index is 6.13. The van der Waals surface area contributed by atoms with Gasteiger partial charge in [0, 0.05) is 6.54 Å². The summed E-state index contributed by atoms with van der Waals surface area (Å²) < 4.78 is 12.2. The SMILES string of the molecule is CCCNCC1CCC(COC2CCCC(CC)C2)O1. The number of ether oxygens (including phenoxy) is 2. The summed E-state index contributed by atoms with van der Waals surface area (Å²) in [6.45, 7) is 7.42. The molecule has 4 atom stereocenters. The third-order valence-corrected chi connectivity index (χ3v) is 4.82. The Labute approximate surface area is 124 Å². The minimum Gasteiger partial charge on any atom is -0.376 e. The summed E-state index contributed by atoms with van der Waals surface area (Å²) in [6, 6.07) is 0. The maximum Gasteiger partial charge on any atom is 0.0814 e. The second-order valence-electron chi connectivity index (χ2n) is 6.56. The second kappa shape index (κ2) is 9.01. The first-order valence-electron chi connectivity index (χ1n) is 8.79. The predicted octanol–water partition coefficient (Wildman–Crippen LogP) is 3.52. The van der Waals surface area contributed by atoms with E-state index in [9.17, 15) is 0 Å². The van der Waals surface area contributed by atoms with Gasteiger partial charge in [-0.1, -0.05) is 33.1 Å². The molecule has 0 amide bonds. The molecule has 1 heterocycles. The Balaban J connectivity index is 1.58. The first-order valence-corrected chi connectivity index (χ1v) is 8.79. The number of hydrogen-bond acceptors (Lipinski definition) is 3. The van der Waals surface area contributed by atoms with Crippen LogP contribution in [-0.2, 0) is 9.47 Å². The van der Waals surface area contributed by atoms with Crippen LogP contribution in [0.15, 0.2) is 0 Å². The van der Waals surface area contributed by atoms with Crippen molar-refractivity contribution in [3.8, 4) is 0 Å². The standard InChI is InChI=1S/C17H33NO2/c1-3-10-18-12-16-8-9-17(20-16)13-19-15-7-5-6-14(4-2)11-15/h14-18H,3-13H2,1-2H3. The molecule has 1 aliphatic carbocycles. The van der Waals surface area contributed by atoms with E-state index < -0.39 is 0 Å². The second-order valence-corrected chi connectivity index (χ2v) is 6.56. The molecule has 1 N–H and O–H groups in total. The lowest BCUT2D eigenvalue weighted by Gasteiger charge is -2.29. The van der Waals surface area contributed by atoms with E-state index in [4.69, 9.17) is 9.47 Å². The first kappa shape index (κ1) is 16.3. The van der Waals surface area contributed by atoms with Gasteiger partial charge in [-0.05, 0) is 44.6 Å². The van der Waals surface area contributed by atoms with Gasteiger partial charge in [0.15, 0.2) is 0 Å². The van der Waals surface area contributed by atoms with Gasteiger partial charge in [-0.2, -0.15) is 0 Å². The molecule has 3 heteroatoms. The highest BCUT2D eigenvalue weighted by atomic mass is 16.5. The van der Waals surface area contributed by atoms with Crippen molar-refractivity contribution in [3.63, 3.8) is 0 Å². The molecule has 1 saturated carbocycles. The lowest BCUT2D eigenvalue weighted by molar-refractivity contribution is -0.0558. The fraction of sp³-hybridized carbons (Fsp3) is 1.00. The average Bonchev–Trinajstić information content (AvgIpc) is 2.94. The van der Waals surface area contributed by atoms with Crippen LogP contribution in [0.3, 0.4) is 0 Å². The lowest BCUT2D eigenvalue weighted by Crippen LogP contribution is -2.30. The van der Waals surface area contributed by atoms with E-state index in [2.05, 4.69) is 19.2 Å². The highest BCUT2D eigenvalue weighted by molar-refractivity contribution is 4.77. The van der Waals surface area contributed by atoms with Crippen molar-refractivity contribution in [1.82, 2.24) is 5.32 Å². The first-order chi connectivity index (χ1) is 9.81. The van der Waals surface area contributed by atoms with Gasteiger partial charge >= 0.3 is 0 Å². The van der Waals surface area contributed by atoms with Crippen LogP contribution < -0.4 is 5.32 Å². The minimum atomic E-state index is 0.338. The van der Waals surface area contributed by atoms with Gasteiger partial charge in [-0.25, -0.2) is 0 Å². The van der Waals surface area contributed by atoms with Gasteiger partial charge in [-0.15, -0.1) is 0 Å². The molecule has 1 saturated heterocycles. The highest BCUT2D eigenvalue weighted by Crippen LogP contribution is 2.29. The molecule has 0 spiro atoms. The third-order valence-electron chi connectivity index (χ3n) is 4.82. The molecule has 0 aromatic heterocycles. The molecule has 0 aromatic carbocycles. The van der Waals surface area contributed by atoms with E-state index in [-0.39, 0.29) is 0 Å². The van der Waals surface area contributed by atoms with Crippen LogP contribution in [-0.4, -0.2) is 38.0 Å². The fourth-order valence-electron chi connectivity index (χ4n) is 3.50. The summed E-state index contributed by atoms with van der Waals surface area (Å²) in [5.74, 6) is 0.893. The molecule has 2 rings (SSSR count). The normalized spacial score (nSPS) is 34.5. The molecule has 118 valence electrons. The van der Waals surface area contributed by atoms with Crippen LogP contribution in [0.25, 0.3) is 0 Å².